The molecule has 4 nitrogen and oxygen atoms in total. The summed E-state index contributed by atoms with van der Waals surface area (Å²) in [7, 11) is 0. The van der Waals surface area contributed by atoms with Gasteiger partial charge in [0, 0.05) is 10.7 Å². The third-order valence-corrected chi connectivity index (χ3v) is 4.73. The van der Waals surface area contributed by atoms with Crippen molar-refractivity contribution < 1.29 is 4.79 Å². The summed E-state index contributed by atoms with van der Waals surface area (Å²) >= 11 is 6.07. The summed E-state index contributed by atoms with van der Waals surface area (Å²) in [6, 6.07) is 5.57. The van der Waals surface area contributed by atoms with Gasteiger partial charge in [-0.15, -0.1) is 0 Å². The van der Waals surface area contributed by atoms with E-state index in [2.05, 4.69) is 28.5 Å². The zero-order chi connectivity index (χ0) is 17.7. The Kier molecular flexibility index (Phi) is 6.21. The number of benzene rings is 1. The van der Waals surface area contributed by atoms with Gasteiger partial charge < -0.3 is 5.32 Å². The van der Waals surface area contributed by atoms with E-state index in [0.29, 0.717) is 10.9 Å². The van der Waals surface area contributed by atoms with Crippen molar-refractivity contribution in [3.8, 4) is 0 Å². The maximum Gasteiger partial charge on any atom is 0.259 e. The second-order valence-electron chi connectivity index (χ2n) is 6.23. The molecule has 128 valence electrons. The molecule has 1 aromatic carbocycles. The first kappa shape index (κ1) is 18.3. The summed E-state index contributed by atoms with van der Waals surface area (Å²) in [6.07, 6.45) is 3.96. The number of carbonyl (C=O) groups is 1. The normalized spacial score (nSPS) is 18.9. The molecule has 0 aliphatic heterocycles. The van der Waals surface area contributed by atoms with Gasteiger partial charge in [0.2, 0.25) is 0 Å². The Bertz CT molecular complexity index is 707. The number of hydrogen-bond acceptors (Lipinski definition) is 3. The Morgan fingerprint density at radius 1 is 1.42 bits per heavy atom. The van der Waals surface area contributed by atoms with Crippen molar-refractivity contribution in [2.24, 2.45) is 11.0 Å². The van der Waals surface area contributed by atoms with Crippen molar-refractivity contribution >= 4 is 28.9 Å². The molecule has 2 rings (SSSR count). The fraction of sp³-hybridized carbons (Fsp3) is 0.368. The van der Waals surface area contributed by atoms with Crippen LogP contribution >= 0.6 is 11.6 Å². The molecule has 1 atom stereocenters. The molecular formula is C19H24ClN3O. The summed E-state index contributed by atoms with van der Waals surface area (Å²) in [5.74, 6) is 0.212. The average molecular weight is 346 g/mol. The molecular weight excluding hydrogens is 322 g/mol. The van der Waals surface area contributed by atoms with Crippen LogP contribution < -0.4 is 10.7 Å². The van der Waals surface area contributed by atoms with E-state index in [0.717, 1.165) is 41.0 Å². The van der Waals surface area contributed by atoms with E-state index in [1.807, 2.05) is 39.0 Å². The average Bonchev–Trinajstić information content (AvgIpc) is 2.55. The third-order valence-electron chi connectivity index (χ3n) is 4.32. The second kappa shape index (κ2) is 8.15. The summed E-state index contributed by atoms with van der Waals surface area (Å²) in [4.78, 5) is 12.0. The first-order chi connectivity index (χ1) is 11.4. The number of rotatable bonds is 5. The van der Waals surface area contributed by atoms with E-state index in [1.54, 1.807) is 0 Å². The Morgan fingerprint density at radius 3 is 2.88 bits per heavy atom. The number of hydrazone groups is 1. The van der Waals surface area contributed by atoms with Crippen LogP contribution in [-0.2, 0) is 4.79 Å². The predicted octanol–water partition coefficient (Wildman–Crippen LogP) is 4.46. The van der Waals surface area contributed by atoms with Gasteiger partial charge in [-0.2, -0.15) is 5.10 Å². The van der Waals surface area contributed by atoms with E-state index in [4.69, 9.17) is 11.6 Å². The van der Waals surface area contributed by atoms with Crippen LogP contribution in [0.15, 0.2) is 47.1 Å². The lowest BCUT2D eigenvalue weighted by atomic mass is 9.85. The lowest BCUT2D eigenvalue weighted by Gasteiger charge is -2.22. The van der Waals surface area contributed by atoms with Gasteiger partial charge in [0.15, 0.2) is 0 Å². The van der Waals surface area contributed by atoms with Crippen molar-refractivity contribution in [3.63, 3.8) is 0 Å². The van der Waals surface area contributed by atoms with Gasteiger partial charge in [-0.3, -0.25) is 4.79 Å². The summed E-state index contributed by atoms with van der Waals surface area (Å²) in [5.41, 5.74) is 7.59. The number of carbonyl (C=O) groups excluding carboxylic acids is 1. The van der Waals surface area contributed by atoms with E-state index in [9.17, 15) is 4.79 Å². The van der Waals surface area contributed by atoms with Gasteiger partial charge in [0.05, 0.1) is 12.3 Å². The molecule has 0 saturated heterocycles. The number of nitrogens with zero attached hydrogens (tertiary/aromatic N) is 1. The Hall–Kier alpha value is -2.07. The molecule has 0 heterocycles. The predicted molar refractivity (Wildman–Crippen MR) is 102 cm³/mol. The molecule has 0 saturated carbocycles. The van der Waals surface area contributed by atoms with Gasteiger partial charge >= 0.3 is 0 Å². The van der Waals surface area contributed by atoms with Crippen molar-refractivity contribution in [2.75, 3.05) is 11.9 Å². The fourth-order valence-electron chi connectivity index (χ4n) is 2.57. The van der Waals surface area contributed by atoms with Gasteiger partial charge in [-0.1, -0.05) is 35.9 Å². The van der Waals surface area contributed by atoms with Crippen molar-refractivity contribution in [1.82, 2.24) is 5.43 Å². The standard InChI is InChI=1S/C19H24ClN3O/c1-12(2)15-9-8-13(3)18(10-15)22-23-19(24)11-21-17-7-5-6-16(20)14(17)4/h5-8,15,21H,1,9-11H2,2-4H3,(H,23,24)/t15-/m0/s1. The number of anilines is 1. The van der Waals surface area contributed by atoms with Gasteiger partial charge in [0.25, 0.3) is 5.91 Å². The van der Waals surface area contributed by atoms with Crippen LogP contribution in [0.3, 0.4) is 0 Å². The van der Waals surface area contributed by atoms with Crippen LogP contribution in [0.4, 0.5) is 5.69 Å². The molecule has 1 amide bonds. The minimum Gasteiger partial charge on any atom is -0.376 e. The quantitative estimate of drug-likeness (QED) is 0.611. The smallest absolute Gasteiger partial charge is 0.259 e. The highest BCUT2D eigenvalue weighted by Gasteiger charge is 2.18. The van der Waals surface area contributed by atoms with Crippen molar-refractivity contribution in [3.05, 3.63) is 52.6 Å². The monoisotopic (exact) mass is 345 g/mol. The highest BCUT2D eigenvalue weighted by molar-refractivity contribution is 6.31. The first-order valence-corrected chi connectivity index (χ1v) is 8.43. The molecule has 1 aliphatic rings. The molecule has 2 N–H and O–H groups in total. The Morgan fingerprint density at radius 2 is 2.17 bits per heavy atom. The molecule has 0 unspecified atom stereocenters. The van der Waals surface area contributed by atoms with Gasteiger partial charge in [0.1, 0.15) is 0 Å². The van der Waals surface area contributed by atoms with E-state index < -0.39 is 0 Å². The van der Waals surface area contributed by atoms with Crippen LogP contribution in [-0.4, -0.2) is 18.2 Å². The van der Waals surface area contributed by atoms with E-state index >= 15 is 0 Å². The molecule has 5 heteroatoms. The highest BCUT2D eigenvalue weighted by atomic mass is 35.5. The zero-order valence-corrected chi connectivity index (χ0v) is 15.2. The number of halogens is 1. The van der Waals surface area contributed by atoms with Crippen LogP contribution in [0.1, 0.15) is 32.3 Å². The molecule has 0 fully saturated rings. The maximum absolute atomic E-state index is 12.0. The number of allylic oxidation sites excluding steroid dienone is 3. The zero-order valence-electron chi connectivity index (χ0n) is 14.4. The van der Waals surface area contributed by atoms with E-state index in [-0.39, 0.29) is 12.5 Å². The summed E-state index contributed by atoms with van der Waals surface area (Å²) in [6.45, 7) is 10.1. The van der Waals surface area contributed by atoms with Crippen LogP contribution in [0.5, 0.6) is 0 Å². The minimum atomic E-state index is -0.188. The summed E-state index contributed by atoms with van der Waals surface area (Å²) in [5, 5.41) is 8.05. The van der Waals surface area contributed by atoms with Crippen LogP contribution in [0.25, 0.3) is 0 Å². The minimum absolute atomic E-state index is 0.143. The third kappa shape index (κ3) is 4.71. The summed E-state index contributed by atoms with van der Waals surface area (Å²) < 4.78 is 0. The number of hydrogen-bond donors (Lipinski definition) is 2. The number of amides is 1. The Balaban J connectivity index is 1.92. The van der Waals surface area contributed by atoms with Gasteiger partial charge in [-0.25, -0.2) is 5.43 Å². The lowest BCUT2D eigenvalue weighted by Crippen LogP contribution is -2.28. The Labute approximate surface area is 148 Å². The van der Waals surface area contributed by atoms with Crippen LogP contribution in [0.2, 0.25) is 5.02 Å². The highest BCUT2D eigenvalue weighted by Crippen LogP contribution is 2.26. The van der Waals surface area contributed by atoms with E-state index in [1.165, 1.54) is 0 Å². The fourth-order valence-corrected chi connectivity index (χ4v) is 2.74. The number of nitrogens with one attached hydrogen (secondary N) is 2. The first-order valence-electron chi connectivity index (χ1n) is 8.05. The van der Waals surface area contributed by atoms with Crippen molar-refractivity contribution in [2.45, 2.75) is 33.6 Å². The molecule has 0 spiro atoms. The topological polar surface area (TPSA) is 53.5 Å². The molecule has 0 aromatic heterocycles. The van der Waals surface area contributed by atoms with Crippen LogP contribution in [0, 0.1) is 12.8 Å². The maximum atomic E-state index is 12.0. The second-order valence-corrected chi connectivity index (χ2v) is 6.64. The van der Waals surface area contributed by atoms with Gasteiger partial charge in [-0.05, 0) is 62.8 Å². The molecule has 0 bridgehead atoms. The molecule has 1 aliphatic carbocycles. The SMILES string of the molecule is C=C(C)[C@H]1CC=C(C)C(=NNC(=O)CNc2cccc(Cl)c2C)C1. The lowest BCUT2D eigenvalue weighted by molar-refractivity contribution is -0.119. The molecule has 1 aromatic rings. The largest absolute Gasteiger partial charge is 0.376 e. The molecule has 0 radical (unpaired) electrons. The van der Waals surface area contributed by atoms with Crippen molar-refractivity contribution in [1.29, 1.82) is 0 Å². The molecule has 24 heavy (non-hydrogen) atoms.